The van der Waals surface area contributed by atoms with Crippen LogP contribution in [0.5, 0.6) is 0 Å². The van der Waals surface area contributed by atoms with E-state index >= 15 is 0 Å². The van der Waals surface area contributed by atoms with Gasteiger partial charge in [0.2, 0.25) is 5.91 Å². The monoisotopic (exact) mass is 376 g/mol. The molecule has 2 aromatic rings. The Balaban J connectivity index is 1.46. The van der Waals surface area contributed by atoms with Gasteiger partial charge in [0, 0.05) is 25.8 Å². The van der Waals surface area contributed by atoms with E-state index in [0.717, 1.165) is 19.3 Å². The maximum Gasteiger partial charge on any atom is 0.290 e. The van der Waals surface area contributed by atoms with Crippen molar-refractivity contribution in [2.24, 2.45) is 0 Å². The number of halogens is 1. The number of amides is 2. The number of likely N-dealkylation sites (tertiary alicyclic amines) is 2. The van der Waals surface area contributed by atoms with Crippen LogP contribution in [-0.2, 0) is 4.79 Å². The van der Waals surface area contributed by atoms with E-state index in [-0.39, 0.29) is 23.6 Å². The van der Waals surface area contributed by atoms with Gasteiger partial charge in [-0.15, -0.1) is 0 Å². The van der Waals surface area contributed by atoms with Gasteiger partial charge in [0.25, 0.3) is 5.91 Å². The summed E-state index contributed by atoms with van der Waals surface area (Å²) in [5.74, 6) is 0.100. The lowest BCUT2D eigenvalue weighted by molar-refractivity contribution is -0.136. The number of piperidine rings is 1. The van der Waals surface area contributed by atoms with E-state index in [1.165, 1.54) is 6.26 Å². The van der Waals surface area contributed by atoms with Crippen molar-refractivity contribution in [3.63, 3.8) is 0 Å². The number of carbonyl (C=O) groups is 2. The molecule has 4 heterocycles. The summed E-state index contributed by atoms with van der Waals surface area (Å²) in [6.07, 6.45) is 8.26. The van der Waals surface area contributed by atoms with Gasteiger partial charge in [-0.2, -0.15) is 5.10 Å². The second kappa shape index (κ2) is 7.15. The number of carbonyl (C=O) groups excluding carboxylic acids is 2. The van der Waals surface area contributed by atoms with Crippen LogP contribution in [0.2, 0.25) is 5.02 Å². The first kappa shape index (κ1) is 17.1. The summed E-state index contributed by atoms with van der Waals surface area (Å²) in [5, 5.41) is 4.85. The van der Waals surface area contributed by atoms with E-state index in [2.05, 4.69) is 5.10 Å². The molecule has 2 aliphatic rings. The standard InChI is InChI=1S/C18H21ClN4O3/c19-13-10-20-23(11-13)14-6-8-21(12-14)17(24)15-4-1-2-7-22(15)18(25)16-5-3-9-26-16/h3,5,9-11,14-15H,1-2,4,6-8,12H2. The maximum atomic E-state index is 13.1. The Morgan fingerprint density at radius 1 is 1.23 bits per heavy atom. The van der Waals surface area contributed by atoms with E-state index in [1.54, 1.807) is 29.4 Å². The predicted molar refractivity (Wildman–Crippen MR) is 94.9 cm³/mol. The molecular formula is C18H21ClN4O3. The van der Waals surface area contributed by atoms with E-state index < -0.39 is 6.04 Å². The summed E-state index contributed by atoms with van der Waals surface area (Å²) >= 11 is 5.95. The van der Waals surface area contributed by atoms with Gasteiger partial charge < -0.3 is 14.2 Å². The van der Waals surface area contributed by atoms with Crippen LogP contribution in [-0.4, -0.2) is 57.1 Å². The number of nitrogens with zero attached hydrogens (tertiary/aromatic N) is 4. The molecule has 0 aliphatic carbocycles. The minimum absolute atomic E-state index is 0.0189. The van der Waals surface area contributed by atoms with E-state index in [4.69, 9.17) is 16.0 Å². The van der Waals surface area contributed by atoms with Crippen LogP contribution in [0, 0.1) is 0 Å². The summed E-state index contributed by atoms with van der Waals surface area (Å²) in [7, 11) is 0. The van der Waals surface area contributed by atoms with Crippen LogP contribution in [0.1, 0.15) is 42.3 Å². The highest BCUT2D eigenvalue weighted by Crippen LogP contribution is 2.27. The van der Waals surface area contributed by atoms with Gasteiger partial charge in [-0.25, -0.2) is 0 Å². The average Bonchev–Trinajstić information content (AvgIpc) is 3.41. The van der Waals surface area contributed by atoms with Gasteiger partial charge in [-0.3, -0.25) is 14.3 Å². The Kier molecular flexibility index (Phi) is 4.72. The van der Waals surface area contributed by atoms with E-state index in [0.29, 0.717) is 31.1 Å². The van der Waals surface area contributed by atoms with Crippen molar-refractivity contribution in [1.29, 1.82) is 0 Å². The van der Waals surface area contributed by atoms with E-state index in [9.17, 15) is 9.59 Å². The quantitative estimate of drug-likeness (QED) is 0.825. The van der Waals surface area contributed by atoms with Crippen molar-refractivity contribution < 1.29 is 14.0 Å². The van der Waals surface area contributed by atoms with Crippen LogP contribution in [0.4, 0.5) is 0 Å². The van der Waals surface area contributed by atoms with Gasteiger partial charge >= 0.3 is 0 Å². The first-order chi connectivity index (χ1) is 12.6. The molecule has 138 valence electrons. The third-order valence-corrected chi connectivity index (χ3v) is 5.40. The normalized spacial score (nSPS) is 23.4. The van der Waals surface area contributed by atoms with Crippen molar-refractivity contribution in [2.45, 2.75) is 37.8 Å². The summed E-state index contributed by atoms with van der Waals surface area (Å²) in [6, 6.07) is 3.05. The molecule has 0 radical (unpaired) electrons. The lowest BCUT2D eigenvalue weighted by atomic mass is 10.0. The number of hydrogen-bond acceptors (Lipinski definition) is 4. The van der Waals surface area contributed by atoms with Crippen LogP contribution < -0.4 is 0 Å². The Morgan fingerprint density at radius 3 is 2.85 bits per heavy atom. The van der Waals surface area contributed by atoms with Crippen molar-refractivity contribution in [3.8, 4) is 0 Å². The fraction of sp³-hybridized carbons (Fsp3) is 0.500. The number of furan rings is 1. The second-order valence-corrected chi connectivity index (χ2v) is 7.29. The third-order valence-electron chi connectivity index (χ3n) is 5.20. The van der Waals surface area contributed by atoms with Crippen molar-refractivity contribution in [3.05, 3.63) is 41.6 Å². The Morgan fingerprint density at radius 2 is 2.12 bits per heavy atom. The van der Waals surface area contributed by atoms with Crippen molar-refractivity contribution in [2.75, 3.05) is 19.6 Å². The molecule has 0 bridgehead atoms. The molecule has 26 heavy (non-hydrogen) atoms. The lowest BCUT2D eigenvalue weighted by Gasteiger charge is -2.36. The number of hydrogen-bond donors (Lipinski definition) is 0. The zero-order valence-electron chi connectivity index (χ0n) is 14.4. The SMILES string of the molecule is O=C(C1CCCCN1C(=O)c1ccco1)N1CCC(n2cc(Cl)cn2)C1. The first-order valence-corrected chi connectivity index (χ1v) is 9.34. The van der Waals surface area contributed by atoms with Crippen LogP contribution >= 0.6 is 11.6 Å². The molecule has 0 N–H and O–H groups in total. The Bertz CT molecular complexity index is 788. The van der Waals surface area contributed by atoms with Gasteiger partial charge in [-0.1, -0.05) is 11.6 Å². The number of aromatic nitrogens is 2. The highest BCUT2D eigenvalue weighted by Gasteiger charge is 2.38. The molecule has 0 aromatic carbocycles. The largest absolute Gasteiger partial charge is 0.459 e. The van der Waals surface area contributed by atoms with Crippen molar-refractivity contribution in [1.82, 2.24) is 19.6 Å². The molecule has 2 atom stereocenters. The predicted octanol–water partition coefficient (Wildman–Crippen LogP) is 2.60. The highest BCUT2D eigenvalue weighted by atomic mass is 35.5. The maximum absolute atomic E-state index is 13.1. The summed E-state index contributed by atoms with van der Waals surface area (Å²) in [4.78, 5) is 29.3. The fourth-order valence-corrected chi connectivity index (χ4v) is 4.00. The minimum atomic E-state index is -0.415. The molecule has 2 saturated heterocycles. The van der Waals surface area contributed by atoms with Gasteiger partial charge in [0.15, 0.2) is 5.76 Å². The van der Waals surface area contributed by atoms with Gasteiger partial charge in [0.05, 0.1) is 23.5 Å². The van der Waals surface area contributed by atoms with Crippen LogP contribution in [0.15, 0.2) is 35.2 Å². The molecule has 2 unspecified atom stereocenters. The Hall–Kier alpha value is -2.28. The van der Waals surface area contributed by atoms with Gasteiger partial charge in [0.1, 0.15) is 6.04 Å². The van der Waals surface area contributed by atoms with Crippen LogP contribution in [0.3, 0.4) is 0 Å². The van der Waals surface area contributed by atoms with Crippen LogP contribution in [0.25, 0.3) is 0 Å². The minimum Gasteiger partial charge on any atom is -0.459 e. The first-order valence-electron chi connectivity index (χ1n) is 8.96. The summed E-state index contributed by atoms with van der Waals surface area (Å²) in [5.41, 5.74) is 0. The van der Waals surface area contributed by atoms with Gasteiger partial charge in [-0.05, 0) is 37.8 Å². The second-order valence-electron chi connectivity index (χ2n) is 6.85. The molecule has 2 amide bonds. The number of rotatable bonds is 3. The summed E-state index contributed by atoms with van der Waals surface area (Å²) < 4.78 is 7.06. The molecule has 0 spiro atoms. The average molecular weight is 377 g/mol. The molecule has 2 aliphatic heterocycles. The molecule has 7 nitrogen and oxygen atoms in total. The molecule has 2 fully saturated rings. The zero-order chi connectivity index (χ0) is 18.1. The summed E-state index contributed by atoms with van der Waals surface area (Å²) in [6.45, 7) is 1.85. The third kappa shape index (κ3) is 3.23. The molecule has 8 heteroatoms. The molecular weight excluding hydrogens is 356 g/mol. The van der Waals surface area contributed by atoms with Crippen molar-refractivity contribution >= 4 is 23.4 Å². The molecule has 2 aromatic heterocycles. The molecule has 4 rings (SSSR count). The Labute approximate surface area is 156 Å². The smallest absolute Gasteiger partial charge is 0.290 e. The highest BCUT2D eigenvalue weighted by molar-refractivity contribution is 6.30. The molecule has 0 saturated carbocycles. The van der Waals surface area contributed by atoms with E-state index in [1.807, 2.05) is 9.58 Å². The lowest BCUT2D eigenvalue weighted by Crippen LogP contribution is -2.52. The topological polar surface area (TPSA) is 71.6 Å². The zero-order valence-corrected chi connectivity index (χ0v) is 15.1. The fourth-order valence-electron chi connectivity index (χ4n) is 3.86.